The molecule has 250 valence electrons. The number of esters is 1. The molecule has 0 amide bonds. The molecule has 2 unspecified atom stereocenters. The molecule has 0 bridgehead atoms. The Morgan fingerprint density at radius 2 is 1.21 bits per heavy atom. The number of nitrogens with zero attached hydrogens (tertiary/aromatic N) is 1. The van der Waals surface area contributed by atoms with Gasteiger partial charge in [0, 0.05) is 26.2 Å². The van der Waals surface area contributed by atoms with Crippen molar-refractivity contribution in [1.29, 1.82) is 0 Å². The van der Waals surface area contributed by atoms with Crippen molar-refractivity contribution in [3.05, 3.63) is 0 Å². The average molecular weight is 602 g/mol. The van der Waals surface area contributed by atoms with E-state index in [2.05, 4.69) is 18.7 Å². The van der Waals surface area contributed by atoms with Gasteiger partial charge in [0.1, 0.15) is 12.2 Å². The standard InChI is InChI=1S/C34H67NO7/c1-3-5-7-19-27-39-29-31(30-40-28-20-8-6-4-2)41-33(37)22-16-12-10-14-18-24-35(25-26-36)23-17-13-9-11-15-21-32-34(38)42-32/h31-32,34,36,38H,3-30H2,1-2H3. The Balaban J connectivity index is 2.10. The summed E-state index contributed by atoms with van der Waals surface area (Å²) < 4.78 is 22.4. The fraction of sp³-hybridized carbons (Fsp3) is 0.971. The van der Waals surface area contributed by atoms with E-state index in [0.29, 0.717) is 32.8 Å². The van der Waals surface area contributed by atoms with Crippen molar-refractivity contribution in [3.63, 3.8) is 0 Å². The zero-order valence-electron chi connectivity index (χ0n) is 27.4. The van der Waals surface area contributed by atoms with Crippen molar-refractivity contribution in [2.75, 3.05) is 52.7 Å². The quantitative estimate of drug-likeness (QED) is 0.0482. The fourth-order valence-electron chi connectivity index (χ4n) is 5.22. The van der Waals surface area contributed by atoms with Crippen LogP contribution in [0.3, 0.4) is 0 Å². The minimum Gasteiger partial charge on any atom is -0.457 e. The maximum absolute atomic E-state index is 12.5. The number of carbonyl (C=O) groups is 1. The minimum atomic E-state index is -0.503. The SMILES string of the molecule is CCCCCCOCC(COCCCCCC)OC(=O)CCCCCCCN(CCO)CCCCCCCC1OC1O. The summed E-state index contributed by atoms with van der Waals surface area (Å²) in [6, 6.07) is 0. The number of rotatable bonds is 33. The molecule has 0 aromatic carbocycles. The Kier molecular flexibility index (Phi) is 27.1. The van der Waals surface area contributed by atoms with E-state index in [9.17, 15) is 15.0 Å². The third-order valence-electron chi connectivity index (χ3n) is 7.98. The monoisotopic (exact) mass is 601 g/mol. The van der Waals surface area contributed by atoms with Gasteiger partial charge in [0.15, 0.2) is 6.29 Å². The first-order valence-electron chi connectivity index (χ1n) is 17.6. The van der Waals surface area contributed by atoms with Crippen LogP contribution < -0.4 is 0 Å². The first-order valence-corrected chi connectivity index (χ1v) is 17.6. The maximum Gasteiger partial charge on any atom is 0.306 e. The van der Waals surface area contributed by atoms with Gasteiger partial charge in [-0.05, 0) is 51.6 Å². The van der Waals surface area contributed by atoms with Crippen molar-refractivity contribution in [2.45, 2.75) is 161 Å². The summed E-state index contributed by atoms with van der Waals surface area (Å²) in [4.78, 5) is 14.9. The van der Waals surface area contributed by atoms with E-state index >= 15 is 0 Å². The Hall–Kier alpha value is -0.770. The molecule has 0 aromatic heterocycles. The van der Waals surface area contributed by atoms with E-state index < -0.39 is 6.29 Å². The number of unbranched alkanes of at least 4 members (excludes halogenated alkanes) is 14. The topological polar surface area (TPSA) is 101 Å². The molecule has 2 atom stereocenters. The molecule has 0 radical (unpaired) electrons. The molecular weight excluding hydrogens is 534 g/mol. The molecule has 1 heterocycles. The molecule has 1 aliphatic rings. The van der Waals surface area contributed by atoms with Crippen LogP contribution in [0, 0.1) is 0 Å². The Morgan fingerprint density at radius 1 is 0.714 bits per heavy atom. The summed E-state index contributed by atoms with van der Waals surface area (Å²) >= 11 is 0. The Labute approximate surface area is 258 Å². The number of hydrogen-bond acceptors (Lipinski definition) is 8. The lowest BCUT2D eigenvalue weighted by Crippen LogP contribution is -2.29. The van der Waals surface area contributed by atoms with Crippen LogP contribution in [0.15, 0.2) is 0 Å². The van der Waals surface area contributed by atoms with Crippen LogP contribution in [0.25, 0.3) is 0 Å². The average Bonchev–Trinajstić information content (AvgIpc) is 3.69. The van der Waals surface area contributed by atoms with E-state index in [0.717, 1.165) is 77.4 Å². The third kappa shape index (κ3) is 24.6. The third-order valence-corrected chi connectivity index (χ3v) is 7.98. The van der Waals surface area contributed by atoms with Crippen LogP contribution in [-0.2, 0) is 23.7 Å². The minimum absolute atomic E-state index is 0.0934. The highest BCUT2D eigenvalue weighted by Gasteiger charge is 2.35. The zero-order valence-corrected chi connectivity index (χ0v) is 27.4. The lowest BCUT2D eigenvalue weighted by Gasteiger charge is -2.21. The molecule has 1 saturated heterocycles. The predicted molar refractivity (Wildman–Crippen MR) is 170 cm³/mol. The van der Waals surface area contributed by atoms with Gasteiger partial charge in [0.05, 0.1) is 19.8 Å². The number of hydrogen-bond donors (Lipinski definition) is 2. The predicted octanol–water partition coefficient (Wildman–Crippen LogP) is 6.78. The molecule has 8 heteroatoms. The largest absolute Gasteiger partial charge is 0.457 e. The highest BCUT2D eigenvalue weighted by Crippen LogP contribution is 2.24. The molecule has 0 aromatic rings. The van der Waals surface area contributed by atoms with Gasteiger partial charge in [-0.2, -0.15) is 0 Å². The molecule has 1 fully saturated rings. The van der Waals surface area contributed by atoms with E-state index in [1.54, 1.807) is 0 Å². The Bertz CT molecular complexity index is 578. The molecule has 1 rings (SSSR count). The van der Waals surface area contributed by atoms with Crippen LogP contribution in [0.5, 0.6) is 0 Å². The van der Waals surface area contributed by atoms with Crippen LogP contribution >= 0.6 is 0 Å². The summed E-state index contributed by atoms with van der Waals surface area (Å²) in [6.07, 6.45) is 21.2. The van der Waals surface area contributed by atoms with E-state index in [1.165, 1.54) is 64.2 Å². The summed E-state index contributed by atoms with van der Waals surface area (Å²) in [5, 5.41) is 18.6. The molecule has 2 N–H and O–H groups in total. The van der Waals surface area contributed by atoms with Crippen molar-refractivity contribution < 1.29 is 34.0 Å². The molecule has 0 aliphatic carbocycles. The van der Waals surface area contributed by atoms with Gasteiger partial charge in [0.25, 0.3) is 0 Å². The van der Waals surface area contributed by atoms with Gasteiger partial charge in [-0.3, -0.25) is 4.79 Å². The van der Waals surface area contributed by atoms with Gasteiger partial charge >= 0.3 is 5.97 Å². The maximum atomic E-state index is 12.5. The molecule has 0 spiro atoms. The lowest BCUT2D eigenvalue weighted by molar-refractivity contribution is -0.156. The molecular formula is C34H67NO7. The summed E-state index contributed by atoms with van der Waals surface area (Å²) in [5.74, 6) is -0.142. The van der Waals surface area contributed by atoms with Gasteiger partial charge in [0.2, 0.25) is 0 Å². The number of ether oxygens (including phenoxy) is 4. The highest BCUT2D eigenvalue weighted by atomic mass is 16.7. The van der Waals surface area contributed by atoms with Gasteiger partial charge in [-0.25, -0.2) is 0 Å². The summed E-state index contributed by atoms with van der Waals surface area (Å²) in [7, 11) is 0. The number of aliphatic hydroxyl groups is 2. The highest BCUT2D eigenvalue weighted by molar-refractivity contribution is 5.69. The van der Waals surface area contributed by atoms with E-state index in [1.807, 2.05) is 0 Å². The first kappa shape index (κ1) is 39.3. The smallest absolute Gasteiger partial charge is 0.306 e. The summed E-state index contributed by atoms with van der Waals surface area (Å²) in [5.41, 5.74) is 0. The fourth-order valence-corrected chi connectivity index (χ4v) is 5.22. The van der Waals surface area contributed by atoms with Crippen molar-refractivity contribution >= 4 is 5.97 Å². The molecule has 0 saturated carbocycles. The lowest BCUT2D eigenvalue weighted by atomic mass is 10.1. The number of epoxide rings is 1. The number of carbonyl (C=O) groups excluding carboxylic acids is 1. The zero-order chi connectivity index (χ0) is 30.5. The number of aliphatic hydroxyl groups excluding tert-OH is 2. The van der Waals surface area contributed by atoms with Crippen LogP contribution in [-0.4, -0.2) is 92.2 Å². The normalized spacial score (nSPS) is 16.5. The van der Waals surface area contributed by atoms with Gasteiger partial charge in [-0.1, -0.05) is 97.3 Å². The van der Waals surface area contributed by atoms with Crippen LogP contribution in [0.1, 0.15) is 142 Å². The van der Waals surface area contributed by atoms with Crippen LogP contribution in [0.2, 0.25) is 0 Å². The Morgan fingerprint density at radius 3 is 1.74 bits per heavy atom. The first-order chi connectivity index (χ1) is 20.6. The van der Waals surface area contributed by atoms with Crippen LogP contribution in [0.4, 0.5) is 0 Å². The molecule has 1 aliphatic heterocycles. The second kappa shape index (κ2) is 29.0. The molecule has 8 nitrogen and oxygen atoms in total. The van der Waals surface area contributed by atoms with Crippen molar-refractivity contribution in [3.8, 4) is 0 Å². The second-order valence-corrected chi connectivity index (χ2v) is 12.1. The van der Waals surface area contributed by atoms with E-state index in [-0.39, 0.29) is 24.8 Å². The van der Waals surface area contributed by atoms with E-state index in [4.69, 9.17) is 18.9 Å². The van der Waals surface area contributed by atoms with Gasteiger partial charge < -0.3 is 34.1 Å². The molecule has 42 heavy (non-hydrogen) atoms. The van der Waals surface area contributed by atoms with Crippen molar-refractivity contribution in [2.24, 2.45) is 0 Å². The van der Waals surface area contributed by atoms with Crippen molar-refractivity contribution in [1.82, 2.24) is 4.90 Å². The summed E-state index contributed by atoms with van der Waals surface area (Å²) in [6.45, 7) is 9.68. The van der Waals surface area contributed by atoms with Gasteiger partial charge in [-0.15, -0.1) is 0 Å². The second-order valence-electron chi connectivity index (χ2n) is 12.1.